The number of benzene rings is 2. The molecule has 0 radical (unpaired) electrons. The van der Waals surface area contributed by atoms with Crippen molar-refractivity contribution in [3.63, 3.8) is 0 Å². The summed E-state index contributed by atoms with van der Waals surface area (Å²) < 4.78 is 6.09. The first-order valence-electron chi connectivity index (χ1n) is 15.7. The van der Waals surface area contributed by atoms with Crippen molar-refractivity contribution in [2.75, 3.05) is 6.54 Å². The first kappa shape index (κ1) is 34.6. The number of rotatable bonds is 11. The Hall–Kier alpha value is -3.30. The average molecular weight is 661 g/mol. The summed E-state index contributed by atoms with van der Waals surface area (Å²) in [6.45, 7) is 6.30. The Morgan fingerprint density at radius 1 is 1.00 bits per heavy atom. The number of amides is 3. The molecular formula is C34H43Cl2N3O6. The number of hydrogen-bond donors (Lipinski definition) is 3. The van der Waals surface area contributed by atoms with Crippen LogP contribution in [0.5, 0.6) is 0 Å². The zero-order valence-electron chi connectivity index (χ0n) is 26.1. The average Bonchev–Trinajstić information content (AvgIpc) is 3.45. The van der Waals surface area contributed by atoms with E-state index in [1.165, 1.54) is 0 Å². The van der Waals surface area contributed by atoms with Gasteiger partial charge in [0.1, 0.15) is 12.1 Å². The van der Waals surface area contributed by atoms with Gasteiger partial charge in [-0.1, -0.05) is 100 Å². The van der Waals surface area contributed by atoms with E-state index in [9.17, 15) is 19.2 Å². The third kappa shape index (κ3) is 9.60. The summed E-state index contributed by atoms with van der Waals surface area (Å²) in [5.74, 6) is -1.66. The third-order valence-corrected chi connectivity index (χ3v) is 9.54. The molecule has 3 N–H and O–H groups in total. The molecule has 0 aromatic heterocycles. The molecule has 0 spiro atoms. The van der Waals surface area contributed by atoms with Gasteiger partial charge in [0, 0.05) is 27.9 Å². The van der Waals surface area contributed by atoms with Crippen LogP contribution < -0.4 is 16.1 Å². The van der Waals surface area contributed by atoms with E-state index in [1.807, 2.05) is 39.0 Å². The Balaban J connectivity index is 1.47. The summed E-state index contributed by atoms with van der Waals surface area (Å²) >= 11 is 12.5. The van der Waals surface area contributed by atoms with Gasteiger partial charge < -0.3 is 20.2 Å². The fraction of sp³-hybridized carbons (Fsp3) is 0.529. The number of hydroxylamine groups is 1. The molecule has 2 aromatic carbocycles. The minimum atomic E-state index is -0.994. The fourth-order valence-corrected chi connectivity index (χ4v) is 6.68. The van der Waals surface area contributed by atoms with Crippen LogP contribution in [0.25, 0.3) is 0 Å². The second-order valence-electron chi connectivity index (χ2n) is 12.8. The molecule has 9 nitrogen and oxygen atoms in total. The van der Waals surface area contributed by atoms with E-state index in [4.69, 9.17) is 32.8 Å². The number of alkyl carbamates (subject to hydrolysis) is 1. The SMILES string of the molecule is CC(CC(=O)ONC(=O)[C@H](CC1CCCCC1)NC(=O)OC(c1ccc(Cl)cc1)C(C)(C)c1cccc(Cl)c1)[C@@H]1CCNC1=O. The van der Waals surface area contributed by atoms with Gasteiger partial charge in [-0.2, -0.15) is 5.48 Å². The first-order valence-corrected chi connectivity index (χ1v) is 16.5. The third-order valence-electron chi connectivity index (χ3n) is 9.06. The van der Waals surface area contributed by atoms with Crippen molar-refractivity contribution < 1.29 is 28.8 Å². The second-order valence-corrected chi connectivity index (χ2v) is 13.7. The highest BCUT2D eigenvalue weighted by Gasteiger charge is 2.37. The summed E-state index contributed by atoms with van der Waals surface area (Å²) in [5.41, 5.74) is 3.10. The van der Waals surface area contributed by atoms with Crippen molar-refractivity contribution in [1.29, 1.82) is 0 Å². The highest BCUT2D eigenvalue weighted by molar-refractivity contribution is 6.30. The van der Waals surface area contributed by atoms with Crippen LogP contribution in [-0.2, 0) is 29.4 Å². The van der Waals surface area contributed by atoms with Crippen molar-refractivity contribution in [3.8, 4) is 0 Å². The fourth-order valence-electron chi connectivity index (χ4n) is 6.36. The molecule has 2 unspecified atom stereocenters. The highest BCUT2D eigenvalue weighted by Crippen LogP contribution is 2.41. The summed E-state index contributed by atoms with van der Waals surface area (Å²) in [4.78, 5) is 56.6. The zero-order chi connectivity index (χ0) is 32.6. The van der Waals surface area contributed by atoms with Gasteiger partial charge in [0.25, 0.3) is 5.91 Å². The van der Waals surface area contributed by atoms with Gasteiger partial charge in [-0.05, 0) is 60.1 Å². The lowest BCUT2D eigenvalue weighted by atomic mass is 9.76. The Morgan fingerprint density at radius 3 is 2.36 bits per heavy atom. The molecule has 45 heavy (non-hydrogen) atoms. The van der Waals surface area contributed by atoms with E-state index in [1.54, 1.807) is 30.3 Å². The summed E-state index contributed by atoms with van der Waals surface area (Å²) in [6, 6.07) is 13.4. The van der Waals surface area contributed by atoms with E-state index in [0.717, 1.165) is 37.7 Å². The summed E-state index contributed by atoms with van der Waals surface area (Å²) in [7, 11) is 0. The number of nitrogens with one attached hydrogen (secondary N) is 3. The topological polar surface area (TPSA) is 123 Å². The van der Waals surface area contributed by atoms with Crippen LogP contribution in [0.3, 0.4) is 0 Å². The molecule has 1 aliphatic carbocycles. The van der Waals surface area contributed by atoms with Gasteiger partial charge in [-0.25, -0.2) is 9.59 Å². The number of halogens is 2. The van der Waals surface area contributed by atoms with Crippen LogP contribution in [0.4, 0.5) is 4.79 Å². The Morgan fingerprint density at radius 2 is 1.71 bits per heavy atom. The van der Waals surface area contributed by atoms with E-state index in [-0.39, 0.29) is 30.1 Å². The number of ether oxygens (including phenoxy) is 1. The maximum Gasteiger partial charge on any atom is 0.408 e. The van der Waals surface area contributed by atoms with Crippen molar-refractivity contribution in [1.82, 2.24) is 16.1 Å². The summed E-state index contributed by atoms with van der Waals surface area (Å²) in [5, 5.41) is 6.62. The highest BCUT2D eigenvalue weighted by atomic mass is 35.5. The molecular weight excluding hydrogens is 617 g/mol. The Kier molecular flexibility index (Phi) is 12.1. The smallest absolute Gasteiger partial charge is 0.408 e. The normalized spacial score (nSPS) is 19.1. The molecule has 2 fully saturated rings. The lowest BCUT2D eigenvalue weighted by molar-refractivity contribution is -0.160. The minimum absolute atomic E-state index is 0.0253. The standard InChI is InChI=1S/C34H43Cl2N3O6/c1-21(27-16-17-37-31(27)41)18-29(40)45-39-32(42)28(19-22-8-5-4-6-9-22)38-33(43)44-30(23-12-14-25(35)15-13-23)34(2,3)24-10-7-11-26(36)20-24/h7,10-15,20-22,27-28,30H,4-6,8-9,16-19H2,1-3H3,(H,37,41)(H,38,43)(H,39,42)/t21?,27-,28-,30?/m0/s1. The van der Waals surface area contributed by atoms with E-state index >= 15 is 0 Å². The predicted octanol–water partition coefficient (Wildman–Crippen LogP) is 6.81. The molecule has 0 bridgehead atoms. The van der Waals surface area contributed by atoms with Crippen LogP contribution >= 0.6 is 23.2 Å². The summed E-state index contributed by atoms with van der Waals surface area (Å²) in [6.07, 6.45) is 4.58. The molecule has 4 rings (SSSR count). The quantitative estimate of drug-likeness (QED) is 0.228. The van der Waals surface area contributed by atoms with Crippen molar-refractivity contribution in [2.24, 2.45) is 17.8 Å². The molecule has 244 valence electrons. The van der Waals surface area contributed by atoms with Gasteiger partial charge in [-0.3, -0.25) is 9.59 Å². The molecule has 4 atom stereocenters. The molecule has 11 heteroatoms. The maximum absolute atomic E-state index is 13.5. The number of carbonyl (C=O) groups excluding carboxylic acids is 4. The van der Waals surface area contributed by atoms with E-state index < -0.39 is 35.5 Å². The van der Waals surface area contributed by atoms with Crippen LogP contribution in [0.15, 0.2) is 48.5 Å². The van der Waals surface area contributed by atoms with Crippen LogP contribution in [-0.4, -0.2) is 36.5 Å². The van der Waals surface area contributed by atoms with Crippen molar-refractivity contribution in [2.45, 2.75) is 89.7 Å². The van der Waals surface area contributed by atoms with E-state index in [2.05, 4.69) is 16.1 Å². The molecule has 2 aliphatic rings. The monoisotopic (exact) mass is 659 g/mol. The molecule has 1 saturated heterocycles. The lowest BCUT2D eigenvalue weighted by Gasteiger charge is -2.35. The van der Waals surface area contributed by atoms with Crippen molar-refractivity contribution >= 4 is 47.1 Å². The van der Waals surface area contributed by atoms with Gasteiger partial charge in [0.05, 0.1) is 6.42 Å². The Labute approximate surface area is 275 Å². The van der Waals surface area contributed by atoms with Crippen molar-refractivity contribution in [3.05, 3.63) is 69.7 Å². The minimum Gasteiger partial charge on any atom is -0.440 e. The number of hydrogen-bond acceptors (Lipinski definition) is 6. The van der Waals surface area contributed by atoms with Gasteiger partial charge in [0.2, 0.25) is 5.91 Å². The second kappa shape index (κ2) is 15.8. The van der Waals surface area contributed by atoms with Gasteiger partial charge in [0.15, 0.2) is 0 Å². The van der Waals surface area contributed by atoms with Crippen LogP contribution in [0.2, 0.25) is 10.0 Å². The molecule has 2 aromatic rings. The Bertz CT molecular complexity index is 1350. The molecule has 1 saturated carbocycles. The van der Waals surface area contributed by atoms with Gasteiger partial charge in [-0.15, -0.1) is 0 Å². The lowest BCUT2D eigenvalue weighted by Crippen LogP contribution is -2.49. The van der Waals surface area contributed by atoms with Gasteiger partial charge >= 0.3 is 12.1 Å². The maximum atomic E-state index is 13.5. The number of carbonyl (C=O) groups is 4. The predicted molar refractivity (Wildman–Crippen MR) is 172 cm³/mol. The largest absolute Gasteiger partial charge is 0.440 e. The van der Waals surface area contributed by atoms with Crippen LogP contribution in [0, 0.1) is 17.8 Å². The zero-order valence-corrected chi connectivity index (χ0v) is 27.6. The molecule has 1 aliphatic heterocycles. The molecule has 3 amide bonds. The van der Waals surface area contributed by atoms with Crippen LogP contribution in [0.1, 0.15) is 89.4 Å². The molecule has 1 heterocycles. The van der Waals surface area contributed by atoms with E-state index in [0.29, 0.717) is 35.0 Å². The first-order chi connectivity index (χ1) is 21.4.